The van der Waals surface area contributed by atoms with Gasteiger partial charge in [0, 0.05) is 32.5 Å². The minimum absolute atomic E-state index is 0. The average Bonchev–Trinajstić information content (AvgIpc) is 3.12. The Balaban J connectivity index is -0.000000726. The zero-order valence-electron chi connectivity index (χ0n) is 30.5. The number of aldehydes is 1. The summed E-state index contributed by atoms with van der Waals surface area (Å²) < 4.78 is 44.6. The summed E-state index contributed by atoms with van der Waals surface area (Å²) in [5, 5.41) is 16.7. The van der Waals surface area contributed by atoms with E-state index in [-0.39, 0.29) is 26.4 Å². The summed E-state index contributed by atoms with van der Waals surface area (Å²) in [5.74, 6) is 0.322. The molecule has 2 rings (SSSR count). The number of aliphatic imine (C=N–C) groups is 1. The molecule has 0 spiro atoms. The summed E-state index contributed by atoms with van der Waals surface area (Å²) in [7, 11) is 5.78. The van der Waals surface area contributed by atoms with Crippen molar-refractivity contribution in [3.05, 3.63) is 47.5 Å². The van der Waals surface area contributed by atoms with Gasteiger partial charge in [-0.2, -0.15) is 0 Å². The number of hydrogen-bond donors (Lipinski definition) is 3. The molecule has 0 fully saturated rings. The molecule has 0 saturated heterocycles. The summed E-state index contributed by atoms with van der Waals surface area (Å²) in [6, 6.07) is 9.66. The molecule has 0 aliphatic heterocycles. The van der Waals surface area contributed by atoms with E-state index in [2.05, 4.69) is 4.99 Å². The molecule has 18 heteroatoms. The Bertz CT molecular complexity index is 1290. The molecular weight excluding hydrogens is 751 g/mol. The van der Waals surface area contributed by atoms with Crippen LogP contribution in [0.2, 0.25) is 0 Å². The maximum atomic E-state index is 11.7. The normalized spacial score (nSPS) is 11.7. The van der Waals surface area contributed by atoms with Gasteiger partial charge in [-0.05, 0) is 55.8 Å². The minimum Gasteiger partial charge on any atom is -0.493 e. The lowest BCUT2D eigenvalue weighted by molar-refractivity contribution is -0.145. The summed E-state index contributed by atoms with van der Waals surface area (Å²) in [4.78, 5) is 38.0. The molecule has 52 heavy (non-hydrogen) atoms. The number of carbonyl (C=O) groups is 3. The van der Waals surface area contributed by atoms with E-state index in [1.807, 2.05) is 0 Å². The third kappa shape index (κ3) is 26.7. The topological polar surface area (TPSA) is 204 Å². The lowest BCUT2D eigenvalue weighted by Crippen LogP contribution is -2.24. The Kier molecular flexibility index (Phi) is 34.3. The van der Waals surface area contributed by atoms with Crippen LogP contribution in [0.15, 0.2) is 41.4 Å². The number of aliphatic hydroxyl groups is 2. The molecule has 2 atom stereocenters. The fraction of sp³-hybridized carbons (Fsp3) is 0.529. The molecule has 2 aromatic carbocycles. The Hall–Kier alpha value is -3.09. The van der Waals surface area contributed by atoms with Crippen LogP contribution in [0.25, 0.3) is 0 Å². The lowest BCUT2D eigenvalue weighted by atomic mass is 10.2. The molecule has 15 nitrogen and oxygen atoms in total. The molecule has 0 bridgehead atoms. The molecular formula is C34H53Cl3N2O13. The van der Waals surface area contributed by atoms with E-state index in [0.717, 1.165) is 5.56 Å². The van der Waals surface area contributed by atoms with E-state index in [1.54, 1.807) is 38.3 Å². The first-order chi connectivity index (χ1) is 24.6. The number of ether oxygens (including phenoxy) is 8. The van der Waals surface area contributed by atoms with Gasteiger partial charge in [-0.3, -0.25) is 9.79 Å². The van der Waals surface area contributed by atoms with Crippen molar-refractivity contribution in [1.29, 1.82) is 0 Å². The van der Waals surface area contributed by atoms with Crippen molar-refractivity contribution in [2.45, 2.75) is 37.8 Å². The zero-order chi connectivity index (χ0) is 40.0. The molecule has 2 aromatic rings. The zero-order valence-corrected chi connectivity index (χ0v) is 31.7. The number of esters is 2. The largest absolute Gasteiger partial charge is 0.493 e. The lowest BCUT2D eigenvalue weighted by Gasteiger charge is -2.12. The van der Waals surface area contributed by atoms with E-state index in [0.29, 0.717) is 68.6 Å². The summed E-state index contributed by atoms with van der Waals surface area (Å²) >= 11 is 14.2. The van der Waals surface area contributed by atoms with Gasteiger partial charge in [-0.1, -0.05) is 42.2 Å². The third-order valence-electron chi connectivity index (χ3n) is 5.64. The number of hydrogen-bond acceptors (Lipinski definition) is 15. The monoisotopic (exact) mass is 803 g/mol. The fourth-order valence-corrected chi connectivity index (χ4v) is 2.97. The minimum atomic E-state index is -1.83. The number of aliphatic hydroxyl groups excluding tert-OH is 2. The van der Waals surface area contributed by atoms with Crippen LogP contribution in [-0.2, 0) is 28.5 Å². The summed E-state index contributed by atoms with van der Waals surface area (Å²) in [6.45, 7) is 5.98. The Morgan fingerprint density at radius 3 is 1.60 bits per heavy atom. The molecule has 0 saturated carbocycles. The molecule has 0 aliphatic carbocycles. The number of benzene rings is 2. The van der Waals surface area contributed by atoms with Gasteiger partial charge < -0.3 is 53.8 Å². The predicted molar refractivity (Wildman–Crippen MR) is 201 cm³/mol. The Morgan fingerprint density at radius 2 is 1.21 bits per heavy atom. The molecule has 0 amide bonds. The molecule has 0 aromatic heterocycles. The van der Waals surface area contributed by atoms with E-state index in [4.69, 9.17) is 90.0 Å². The second-order valence-corrected chi connectivity index (χ2v) is 11.0. The number of halogens is 3. The van der Waals surface area contributed by atoms with E-state index < -0.39 is 28.4 Å². The second-order valence-electron chi connectivity index (χ2n) is 9.25. The highest BCUT2D eigenvalue weighted by Crippen LogP contribution is 2.29. The van der Waals surface area contributed by atoms with Gasteiger partial charge in [0.1, 0.15) is 6.29 Å². The van der Waals surface area contributed by atoms with Crippen molar-refractivity contribution in [3.63, 3.8) is 0 Å². The first kappa shape index (κ1) is 51.0. The standard InChI is InChI=1S/C16H23NO6.C12H14O5.C4H11NO2.CHCl3.CH4/c1-12(20-2)16(19)23-14-5-4-13(10-15(14)21-3)11-17-6-8-22-9-7-18;1-8(15-2)12(14)17-10-5-4-9(7-13)6-11(10)16-3;5-1-3-7-4-2-6;2-1(3)4;/h4-5,10-12,18H,6-9H2,1-3H3;4-8H,1-3H3;6H,1-5H2;1H;1H4/i;;;1D;. The van der Waals surface area contributed by atoms with Crippen molar-refractivity contribution in [3.8, 4) is 23.0 Å². The van der Waals surface area contributed by atoms with Crippen molar-refractivity contribution in [2.24, 2.45) is 10.7 Å². The number of methoxy groups -OCH3 is 4. The molecule has 0 aliphatic rings. The maximum absolute atomic E-state index is 11.7. The van der Waals surface area contributed by atoms with Gasteiger partial charge in [0.15, 0.2) is 39.5 Å². The number of nitrogens with two attached hydrogens (primary N) is 1. The number of rotatable bonds is 19. The smallest absolute Gasteiger partial charge is 0.340 e. The van der Waals surface area contributed by atoms with E-state index >= 15 is 0 Å². The van der Waals surface area contributed by atoms with Crippen LogP contribution >= 0.6 is 34.8 Å². The van der Waals surface area contributed by atoms with E-state index in [1.165, 1.54) is 46.6 Å². The molecule has 0 radical (unpaired) electrons. The van der Waals surface area contributed by atoms with Crippen molar-refractivity contribution < 1.29 is 63.9 Å². The van der Waals surface area contributed by atoms with Gasteiger partial charge in [-0.25, -0.2) is 9.59 Å². The summed E-state index contributed by atoms with van der Waals surface area (Å²) in [6.07, 6.45) is 1.05. The van der Waals surface area contributed by atoms with Crippen LogP contribution in [0.4, 0.5) is 0 Å². The van der Waals surface area contributed by atoms with Crippen LogP contribution < -0.4 is 24.7 Å². The van der Waals surface area contributed by atoms with Crippen LogP contribution in [0.3, 0.4) is 0 Å². The quantitative estimate of drug-likeness (QED) is 0.0458. The van der Waals surface area contributed by atoms with Crippen LogP contribution in [0.1, 0.15) is 38.6 Å². The van der Waals surface area contributed by atoms with Gasteiger partial charge >= 0.3 is 11.9 Å². The fourth-order valence-electron chi connectivity index (χ4n) is 2.97. The SMILES string of the molecule is C.COc1cc(C=NCCOCCO)ccc1OC(=O)C(C)OC.COc1cc(C=O)ccc1OC(=O)C(C)OC.NCCOCCO.[2H]C(Cl)(Cl)Cl. The predicted octanol–water partition coefficient (Wildman–Crippen LogP) is 4.09. The first-order valence-electron chi connectivity index (χ1n) is 15.6. The Morgan fingerprint density at radius 1 is 0.788 bits per heavy atom. The molecule has 2 unspecified atom stereocenters. The maximum Gasteiger partial charge on any atom is 0.340 e. The average molecular weight is 805 g/mol. The van der Waals surface area contributed by atoms with Crippen molar-refractivity contribution >= 4 is 59.2 Å². The highest BCUT2D eigenvalue weighted by atomic mass is 35.6. The molecule has 4 N–H and O–H groups in total. The Labute approximate surface area is 322 Å². The number of nitrogens with zero attached hydrogens (tertiary/aromatic N) is 1. The highest BCUT2D eigenvalue weighted by Gasteiger charge is 2.18. The van der Waals surface area contributed by atoms with Crippen LogP contribution in [-0.4, -0.2) is 132 Å². The second kappa shape index (κ2) is 35.0. The highest BCUT2D eigenvalue weighted by molar-refractivity contribution is 6.63. The van der Waals surface area contributed by atoms with Gasteiger partial charge in [0.05, 0.1) is 61.8 Å². The van der Waals surface area contributed by atoms with Crippen molar-refractivity contribution in [1.82, 2.24) is 0 Å². The number of alkyl halides is 3. The molecule has 298 valence electrons. The first-order valence-corrected chi connectivity index (χ1v) is 16.2. The van der Waals surface area contributed by atoms with Crippen LogP contribution in [0, 0.1) is 0 Å². The number of carbonyl (C=O) groups excluding carboxylic acids is 3. The van der Waals surface area contributed by atoms with Gasteiger partial charge in [-0.15, -0.1) is 0 Å². The van der Waals surface area contributed by atoms with Crippen LogP contribution in [0.5, 0.6) is 23.0 Å². The summed E-state index contributed by atoms with van der Waals surface area (Å²) in [5.41, 5.74) is 6.32. The van der Waals surface area contributed by atoms with E-state index in [9.17, 15) is 14.4 Å². The van der Waals surface area contributed by atoms with Crippen molar-refractivity contribution in [2.75, 3.05) is 81.2 Å². The molecule has 0 heterocycles. The van der Waals surface area contributed by atoms with Gasteiger partial charge in [0.25, 0.3) is 0 Å². The third-order valence-corrected chi connectivity index (χ3v) is 5.64. The van der Waals surface area contributed by atoms with Gasteiger partial charge in [0.2, 0.25) is 0 Å².